The lowest BCUT2D eigenvalue weighted by molar-refractivity contribution is -0.144. The van der Waals surface area contributed by atoms with Crippen molar-refractivity contribution >= 4 is 11.9 Å². The molecular weight excluding hydrogens is 196 g/mol. The van der Waals surface area contributed by atoms with Gasteiger partial charge in [0.05, 0.1) is 0 Å². The van der Waals surface area contributed by atoms with Gasteiger partial charge in [-0.25, -0.2) is 0 Å². The van der Waals surface area contributed by atoms with E-state index in [4.69, 9.17) is 9.47 Å². The minimum Gasteiger partial charge on any atom is -0.449 e. The average molecular weight is 208 g/mol. The van der Waals surface area contributed by atoms with Crippen molar-refractivity contribution in [1.29, 1.82) is 0 Å². The molecule has 0 spiro atoms. The molecule has 1 rings (SSSR count). The van der Waals surface area contributed by atoms with Gasteiger partial charge in [0.15, 0.2) is 12.2 Å². The Hall–Kier alpha value is -1.76. The van der Waals surface area contributed by atoms with Gasteiger partial charge in [-0.2, -0.15) is 0 Å². The second kappa shape index (κ2) is 5.20. The van der Waals surface area contributed by atoms with Crippen molar-refractivity contribution in [2.24, 2.45) is 0 Å². The molecule has 0 fully saturated rings. The lowest BCUT2D eigenvalue weighted by Crippen LogP contribution is -2.13. The Bertz CT molecular complexity index is 345. The molecule has 4 nitrogen and oxygen atoms in total. The van der Waals surface area contributed by atoms with Gasteiger partial charge in [-0.05, 0) is 6.08 Å². The quantitative estimate of drug-likeness (QED) is 0.383. The molecule has 1 aliphatic rings. The van der Waals surface area contributed by atoms with E-state index in [9.17, 15) is 9.59 Å². The highest BCUT2D eigenvalue weighted by molar-refractivity contribution is 5.67. The predicted molar refractivity (Wildman–Crippen MR) is 52.6 cm³/mol. The van der Waals surface area contributed by atoms with Gasteiger partial charge < -0.3 is 9.47 Å². The van der Waals surface area contributed by atoms with Crippen LogP contribution >= 0.6 is 0 Å². The zero-order chi connectivity index (χ0) is 11.3. The Labute approximate surface area is 88.2 Å². The molecule has 2 atom stereocenters. The molecule has 0 aliphatic heterocycles. The Morgan fingerprint density at radius 2 is 1.87 bits per heavy atom. The zero-order valence-corrected chi connectivity index (χ0v) is 8.65. The van der Waals surface area contributed by atoms with Crippen molar-refractivity contribution < 1.29 is 19.1 Å². The summed E-state index contributed by atoms with van der Waals surface area (Å²) < 4.78 is 9.80. The lowest BCUT2D eigenvalue weighted by atomic mass is 10.2. The molecule has 0 aromatic carbocycles. The molecule has 0 amide bonds. The molecule has 0 radical (unpaired) electrons. The van der Waals surface area contributed by atoms with Crippen molar-refractivity contribution in [1.82, 2.24) is 0 Å². The summed E-state index contributed by atoms with van der Waals surface area (Å²) in [6.45, 7) is 2.66. The van der Waals surface area contributed by atoms with Crippen molar-refractivity contribution in [3.63, 3.8) is 0 Å². The molecule has 0 bridgehead atoms. The smallest absolute Gasteiger partial charge is 0.304 e. The van der Waals surface area contributed by atoms with E-state index in [2.05, 4.69) is 11.8 Å². The van der Waals surface area contributed by atoms with E-state index >= 15 is 0 Å². The van der Waals surface area contributed by atoms with E-state index in [1.807, 2.05) is 0 Å². The molecule has 0 N–H and O–H groups in total. The number of ether oxygens (including phenoxy) is 2. The minimum atomic E-state index is -0.539. The molecule has 4 heteroatoms. The highest BCUT2D eigenvalue weighted by atomic mass is 16.5. The summed E-state index contributed by atoms with van der Waals surface area (Å²) in [5.41, 5.74) is 0. The van der Waals surface area contributed by atoms with Gasteiger partial charge in [0.2, 0.25) is 0 Å². The standard InChI is InChI=1S/C11H12O4/c1-8(12)14-10-4-3-5-11(7-6-10)15-9(2)13/h3-4,10-11H,5H2,1-2H3. The topological polar surface area (TPSA) is 52.6 Å². The Kier molecular flexibility index (Phi) is 3.92. The fraction of sp³-hybridized carbons (Fsp3) is 0.455. The van der Waals surface area contributed by atoms with Crippen molar-refractivity contribution in [2.45, 2.75) is 32.5 Å². The monoisotopic (exact) mass is 208 g/mol. The third-order valence-corrected chi connectivity index (χ3v) is 1.65. The van der Waals surface area contributed by atoms with E-state index in [0.717, 1.165) is 0 Å². The van der Waals surface area contributed by atoms with Crippen LogP contribution in [0.25, 0.3) is 0 Å². The molecule has 0 aromatic heterocycles. The van der Waals surface area contributed by atoms with Gasteiger partial charge in [0, 0.05) is 20.3 Å². The highest BCUT2D eigenvalue weighted by Gasteiger charge is 2.12. The predicted octanol–water partition coefficient (Wildman–Crippen LogP) is 0.813. The van der Waals surface area contributed by atoms with Crippen molar-refractivity contribution in [2.75, 3.05) is 0 Å². The summed E-state index contributed by atoms with van der Waals surface area (Å²) in [5, 5.41) is 0. The summed E-state index contributed by atoms with van der Waals surface area (Å²) in [4.78, 5) is 21.4. The summed E-state index contributed by atoms with van der Waals surface area (Å²) >= 11 is 0. The average Bonchev–Trinajstić information content (AvgIpc) is 2.29. The first-order valence-electron chi connectivity index (χ1n) is 4.60. The number of hydrogen-bond acceptors (Lipinski definition) is 4. The molecular formula is C11H12O4. The van der Waals surface area contributed by atoms with Crippen LogP contribution in [0.3, 0.4) is 0 Å². The first-order valence-corrected chi connectivity index (χ1v) is 4.60. The van der Waals surface area contributed by atoms with E-state index in [1.54, 1.807) is 12.2 Å². The van der Waals surface area contributed by atoms with Crippen LogP contribution < -0.4 is 0 Å². The third-order valence-electron chi connectivity index (χ3n) is 1.65. The van der Waals surface area contributed by atoms with Gasteiger partial charge in [-0.1, -0.05) is 17.9 Å². The van der Waals surface area contributed by atoms with Crippen LogP contribution in [0.5, 0.6) is 0 Å². The minimum absolute atomic E-state index is 0.367. The number of hydrogen-bond donors (Lipinski definition) is 0. The van der Waals surface area contributed by atoms with Crippen LogP contribution in [0.4, 0.5) is 0 Å². The lowest BCUT2D eigenvalue weighted by Gasteiger charge is -2.06. The van der Waals surface area contributed by atoms with Crippen LogP contribution in [0.2, 0.25) is 0 Å². The molecule has 0 saturated carbocycles. The molecule has 15 heavy (non-hydrogen) atoms. The molecule has 2 unspecified atom stereocenters. The Morgan fingerprint density at radius 1 is 1.20 bits per heavy atom. The van der Waals surface area contributed by atoms with Crippen LogP contribution in [0, 0.1) is 11.8 Å². The molecule has 0 heterocycles. The fourth-order valence-electron chi connectivity index (χ4n) is 1.13. The number of carbonyl (C=O) groups is 2. The summed E-state index contributed by atoms with van der Waals surface area (Å²) in [6, 6.07) is 0. The fourth-order valence-corrected chi connectivity index (χ4v) is 1.13. The second-order valence-electron chi connectivity index (χ2n) is 3.08. The molecule has 80 valence electrons. The number of carbonyl (C=O) groups excluding carboxylic acids is 2. The van der Waals surface area contributed by atoms with Gasteiger partial charge in [-0.15, -0.1) is 0 Å². The number of rotatable bonds is 2. The molecule has 0 saturated heterocycles. The van der Waals surface area contributed by atoms with E-state index < -0.39 is 12.2 Å². The first kappa shape index (κ1) is 11.3. The van der Waals surface area contributed by atoms with E-state index in [-0.39, 0.29) is 11.9 Å². The Balaban J connectivity index is 2.60. The maximum Gasteiger partial charge on any atom is 0.304 e. The maximum atomic E-state index is 10.7. The van der Waals surface area contributed by atoms with Crippen LogP contribution in [0.15, 0.2) is 12.2 Å². The second-order valence-corrected chi connectivity index (χ2v) is 3.08. The van der Waals surface area contributed by atoms with Crippen molar-refractivity contribution in [3.05, 3.63) is 12.2 Å². The highest BCUT2D eigenvalue weighted by Crippen LogP contribution is 2.06. The van der Waals surface area contributed by atoms with Crippen LogP contribution in [-0.4, -0.2) is 24.1 Å². The summed E-state index contributed by atoms with van der Waals surface area (Å²) in [5.74, 6) is 4.70. The number of esters is 2. The van der Waals surface area contributed by atoms with Crippen LogP contribution in [0.1, 0.15) is 20.3 Å². The van der Waals surface area contributed by atoms with E-state index in [0.29, 0.717) is 6.42 Å². The maximum absolute atomic E-state index is 10.7. The van der Waals surface area contributed by atoms with Gasteiger partial charge in [0.1, 0.15) is 0 Å². The van der Waals surface area contributed by atoms with E-state index in [1.165, 1.54) is 13.8 Å². The molecule has 0 aromatic rings. The Morgan fingerprint density at radius 3 is 2.47 bits per heavy atom. The summed E-state index contributed by atoms with van der Waals surface area (Å²) in [6.07, 6.45) is 2.98. The SMILES string of the molecule is CC(=O)OC1C#CC(OC(C)=O)CC=C1. The van der Waals surface area contributed by atoms with Gasteiger partial charge >= 0.3 is 11.9 Å². The third kappa shape index (κ3) is 4.32. The first-order chi connectivity index (χ1) is 7.08. The van der Waals surface area contributed by atoms with Crippen LogP contribution in [-0.2, 0) is 19.1 Å². The van der Waals surface area contributed by atoms with Gasteiger partial charge in [-0.3, -0.25) is 9.59 Å². The summed E-state index contributed by atoms with van der Waals surface area (Å²) in [7, 11) is 0. The molecule has 1 aliphatic carbocycles. The van der Waals surface area contributed by atoms with Crippen molar-refractivity contribution in [3.8, 4) is 11.8 Å². The normalized spacial score (nSPS) is 23.3. The van der Waals surface area contributed by atoms with Gasteiger partial charge in [0.25, 0.3) is 0 Å². The zero-order valence-electron chi connectivity index (χ0n) is 8.65. The largest absolute Gasteiger partial charge is 0.449 e.